The Labute approximate surface area is 203 Å². The predicted octanol–water partition coefficient (Wildman–Crippen LogP) is 5.98. The van der Waals surface area contributed by atoms with Crippen LogP contribution in [0.5, 0.6) is 11.5 Å². The summed E-state index contributed by atoms with van der Waals surface area (Å²) in [5.41, 5.74) is 3.10. The van der Waals surface area contributed by atoms with Crippen LogP contribution in [0, 0.1) is 13.8 Å². The van der Waals surface area contributed by atoms with Crippen LogP contribution in [0.1, 0.15) is 47.0 Å². The van der Waals surface area contributed by atoms with Gasteiger partial charge >= 0.3 is 0 Å². The molecule has 1 unspecified atom stereocenters. The van der Waals surface area contributed by atoms with Crippen molar-refractivity contribution < 1.29 is 27.8 Å². The van der Waals surface area contributed by atoms with Gasteiger partial charge in [-0.2, -0.15) is 0 Å². The van der Waals surface area contributed by atoms with Gasteiger partial charge in [-0.25, -0.2) is 0 Å². The van der Waals surface area contributed by atoms with Gasteiger partial charge in [0.1, 0.15) is 23.4 Å². The lowest BCUT2D eigenvalue weighted by Crippen LogP contribution is -2.16. The Bertz CT molecular complexity index is 1280. The molecule has 0 amide bonds. The first-order valence-corrected chi connectivity index (χ1v) is 11.3. The van der Waals surface area contributed by atoms with Crippen LogP contribution in [0.2, 0.25) is 0 Å². The molecular weight excluding hydrogens is 448 g/mol. The molecule has 2 aromatic carbocycles. The summed E-state index contributed by atoms with van der Waals surface area (Å²) in [5, 5.41) is 7.90. The van der Waals surface area contributed by atoms with E-state index in [9.17, 15) is 4.79 Å². The van der Waals surface area contributed by atoms with E-state index in [4.69, 9.17) is 23.0 Å². The Morgan fingerprint density at radius 3 is 2.17 bits per heavy atom. The number of nitrogens with zero attached hydrogens (tertiary/aromatic N) is 2. The van der Waals surface area contributed by atoms with Crippen molar-refractivity contribution in [3.8, 4) is 34.3 Å². The Kier molecular flexibility index (Phi) is 7.31. The summed E-state index contributed by atoms with van der Waals surface area (Å²) in [6.07, 6.45) is -0.0373. The van der Waals surface area contributed by atoms with Gasteiger partial charge in [-0.3, -0.25) is 4.79 Å². The van der Waals surface area contributed by atoms with Crippen LogP contribution in [-0.2, 0) is 4.74 Å². The lowest BCUT2D eigenvalue weighted by molar-refractivity contribution is 0.0385. The van der Waals surface area contributed by atoms with Crippen LogP contribution in [0.25, 0.3) is 22.8 Å². The maximum absolute atomic E-state index is 13.4. The molecule has 0 aliphatic heterocycles. The minimum Gasteiger partial charge on any atom is -0.496 e. The largest absolute Gasteiger partial charge is 0.496 e. The molecule has 4 aromatic rings. The van der Waals surface area contributed by atoms with E-state index >= 15 is 0 Å². The lowest BCUT2D eigenvalue weighted by Gasteiger charge is -2.16. The number of aromatic nitrogens is 2. The van der Waals surface area contributed by atoms with Crippen molar-refractivity contribution >= 4 is 5.78 Å². The second-order valence-corrected chi connectivity index (χ2v) is 8.03. The average Bonchev–Trinajstić information content (AvgIpc) is 3.54. The number of aryl methyl sites for hydroxylation is 1. The number of carbonyl (C=O) groups is 1. The van der Waals surface area contributed by atoms with E-state index in [0.717, 1.165) is 23.1 Å². The molecule has 4 rings (SSSR count). The summed E-state index contributed by atoms with van der Waals surface area (Å²) >= 11 is 0. The zero-order valence-electron chi connectivity index (χ0n) is 20.5. The summed E-state index contributed by atoms with van der Waals surface area (Å²) < 4.78 is 28.3. The van der Waals surface area contributed by atoms with E-state index in [1.807, 2.05) is 50.2 Å². The SMILES string of the molecule is CCCOC(C(=O)c1ccc(-c2cc(OC)c(C)c(OC)c2)o1)c1ccc(-c2nnc(C)o2)cc1. The normalized spacial score (nSPS) is 11.9. The summed E-state index contributed by atoms with van der Waals surface area (Å²) in [6.45, 7) is 6.07. The van der Waals surface area contributed by atoms with Gasteiger partial charge < -0.3 is 23.0 Å². The predicted molar refractivity (Wildman–Crippen MR) is 130 cm³/mol. The number of rotatable bonds is 10. The van der Waals surface area contributed by atoms with Gasteiger partial charge in [0, 0.05) is 30.2 Å². The van der Waals surface area contributed by atoms with Crippen molar-refractivity contribution in [3.05, 3.63) is 71.3 Å². The molecule has 1 atom stereocenters. The third kappa shape index (κ3) is 5.12. The molecule has 8 nitrogen and oxygen atoms in total. The van der Waals surface area contributed by atoms with Crippen molar-refractivity contribution in [1.82, 2.24) is 10.2 Å². The van der Waals surface area contributed by atoms with E-state index in [1.165, 1.54) is 0 Å². The monoisotopic (exact) mass is 476 g/mol. The number of ketones is 1. The first-order chi connectivity index (χ1) is 16.9. The molecule has 0 saturated carbocycles. The van der Waals surface area contributed by atoms with Crippen LogP contribution < -0.4 is 9.47 Å². The number of ether oxygens (including phenoxy) is 3. The van der Waals surface area contributed by atoms with Crippen LogP contribution >= 0.6 is 0 Å². The zero-order valence-corrected chi connectivity index (χ0v) is 20.5. The Hall–Kier alpha value is -3.91. The van der Waals surface area contributed by atoms with E-state index in [2.05, 4.69) is 10.2 Å². The number of Topliss-reactive ketones (excluding diaryl/α,β-unsaturated/α-hetero) is 1. The van der Waals surface area contributed by atoms with Gasteiger partial charge in [0.2, 0.25) is 17.6 Å². The molecular formula is C27H28N2O6. The van der Waals surface area contributed by atoms with Gasteiger partial charge in [0.25, 0.3) is 0 Å². The topological polar surface area (TPSA) is 96.8 Å². The summed E-state index contributed by atoms with van der Waals surface area (Å²) in [5.74, 6) is 2.72. The number of methoxy groups -OCH3 is 2. The number of benzene rings is 2. The fourth-order valence-corrected chi connectivity index (χ4v) is 3.76. The molecule has 0 N–H and O–H groups in total. The Morgan fingerprint density at radius 2 is 1.60 bits per heavy atom. The molecule has 0 aliphatic rings. The Balaban J connectivity index is 1.62. The summed E-state index contributed by atoms with van der Waals surface area (Å²) in [6, 6.07) is 14.4. The molecule has 0 saturated heterocycles. The second kappa shape index (κ2) is 10.6. The fourth-order valence-electron chi connectivity index (χ4n) is 3.76. The molecule has 2 heterocycles. The van der Waals surface area contributed by atoms with Gasteiger partial charge in [-0.05, 0) is 55.3 Å². The highest BCUT2D eigenvalue weighted by molar-refractivity contribution is 5.98. The van der Waals surface area contributed by atoms with Crippen molar-refractivity contribution in [1.29, 1.82) is 0 Å². The van der Waals surface area contributed by atoms with Crippen LogP contribution in [0.4, 0.5) is 0 Å². The standard InChI is InChI=1S/C27H28N2O6/c1-6-13-33-26(18-7-9-19(10-8-18)27-29-28-17(3)34-27)25(30)22-12-11-21(35-22)20-14-23(31-4)16(2)24(15-20)32-5/h7-12,14-15,26H,6,13H2,1-5H3. The molecule has 0 radical (unpaired) electrons. The van der Waals surface area contributed by atoms with Crippen molar-refractivity contribution in [2.24, 2.45) is 0 Å². The van der Waals surface area contributed by atoms with E-state index in [0.29, 0.717) is 41.2 Å². The maximum Gasteiger partial charge on any atom is 0.247 e. The molecule has 2 aromatic heterocycles. The van der Waals surface area contributed by atoms with Gasteiger partial charge in [-0.1, -0.05) is 19.1 Å². The van der Waals surface area contributed by atoms with Gasteiger partial charge in [0.05, 0.1) is 14.2 Å². The van der Waals surface area contributed by atoms with Crippen LogP contribution in [0.3, 0.4) is 0 Å². The van der Waals surface area contributed by atoms with Crippen molar-refractivity contribution in [2.75, 3.05) is 20.8 Å². The third-order valence-corrected chi connectivity index (χ3v) is 5.60. The molecule has 0 spiro atoms. The van der Waals surface area contributed by atoms with E-state index < -0.39 is 6.10 Å². The highest BCUT2D eigenvalue weighted by Gasteiger charge is 2.26. The third-order valence-electron chi connectivity index (χ3n) is 5.60. The smallest absolute Gasteiger partial charge is 0.247 e. The molecule has 0 fully saturated rings. The van der Waals surface area contributed by atoms with Gasteiger partial charge in [-0.15, -0.1) is 10.2 Å². The molecule has 182 valence electrons. The molecule has 8 heteroatoms. The minimum absolute atomic E-state index is 0.205. The van der Waals surface area contributed by atoms with E-state index in [-0.39, 0.29) is 11.5 Å². The van der Waals surface area contributed by atoms with Crippen LogP contribution in [0.15, 0.2) is 57.4 Å². The van der Waals surface area contributed by atoms with Crippen LogP contribution in [-0.4, -0.2) is 36.8 Å². The van der Waals surface area contributed by atoms with Gasteiger partial charge in [0.15, 0.2) is 5.76 Å². The lowest BCUT2D eigenvalue weighted by atomic mass is 10.0. The molecule has 35 heavy (non-hydrogen) atoms. The molecule has 0 aliphatic carbocycles. The second-order valence-electron chi connectivity index (χ2n) is 8.03. The van der Waals surface area contributed by atoms with Crippen molar-refractivity contribution in [3.63, 3.8) is 0 Å². The summed E-state index contributed by atoms with van der Waals surface area (Å²) in [7, 11) is 3.20. The Morgan fingerprint density at radius 1 is 0.914 bits per heavy atom. The quantitative estimate of drug-likeness (QED) is 0.258. The minimum atomic E-state index is -0.811. The number of hydrogen-bond donors (Lipinski definition) is 0. The molecule has 0 bridgehead atoms. The first kappa shape index (κ1) is 24.2. The van der Waals surface area contributed by atoms with E-state index in [1.54, 1.807) is 33.3 Å². The number of furan rings is 1. The van der Waals surface area contributed by atoms with Crippen molar-refractivity contribution in [2.45, 2.75) is 33.3 Å². The summed E-state index contributed by atoms with van der Waals surface area (Å²) in [4.78, 5) is 13.4. The number of hydrogen-bond acceptors (Lipinski definition) is 8. The fraction of sp³-hybridized carbons (Fsp3) is 0.296. The maximum atomic E-state index is 13.4. The highest BCUT2D eigenvalue weighted by atomic mass is 16.5. The zero-order chi connectivity index (χ0) is 24.9. The highest BCUT2D eigenvalue weighted by Crippen LogP contribution is 2.36. The first-order valence-electron chi connectivity index (χ1n) is 11.3. The number of carbonyl (C=O) groups excluding carboxylic acids is 1. The average molecular weight is 477 g/mol.